The number of nitrogens with one attached hydrogen (secondary N) is 1. The Morgan fingerprint density at radius 1 is 1.24 bits per heavy atom. The Hall–Kier alpha value is 0.360. The van der Waals surface area contributed by atoms with Crippen LogP contribution in [0.4, 0.5) is 0 Å². The van der Waals surface area contributed by atoms with Crippen LogP contribution >= 0.6 is 36.6 Å². The highest BCUT2D eigenvalue weighted by molar-refractivity contribution is 8.13. The minimum absolute atomic E-state index is 0. The molecule has 0 radical (unpaired) electrons. The van der Waals surface area contributed by atoms with Crippen LogP contribution in [-0.4, -0.2) is 47.5 Å². The van der Waals surface area contributed by atoms with Crippen LogP contribution in [0.15, 0.2) is 4.99 Å². The molecule has 2 fully saturated rings. The molecule has 17 heavy (non-hydrogen) atoms. The Balaban J connectivity index is 0.000000722. The second kappa shape index (κ2) is 6.50. The molecule has 0 amide bonds. The van der Waals surface area contributed by atoms with Gasteiger partial charge in [-0.05, 0) is 38.8 Å². The molecule has 1 saturated carbocycles. The summed E-state index contributed by atoms with van der Waals surface area (Å²) >= 11 is 1.91. The minimum atomic E-state index is 0. The first-order valence-electron chi connectivity index (χ1n) is 6.04. The summed E-state index contributed by atoms with van der Waals surface area (Å²) in [7, 11) is 0. The van der Waals surface area contributed by atoms with E-state index < -0.39 is 0 Å². The van der Waals surface area contributed by atoms with Gasteiger partial charge >= 0.3 is 0 Å². The minimum Gasteiger partial charge on any atom is -0.358 e. The van der Waals surface area contributed by atoms with E-state index >= 15 is 0 Å². The topological polar surface area (TPSA) is 27.6 Å². The third-order valence-corrected chi connectivity index (χ3v) is 4.49. The molecular weight excluding hydrogens is 277 g/mol. The van der Waals surface area contributed by atoms with E-state index in [1.807, 2.05) is 11.8 Å². The summed E-state index contributed by atoms with van der Waals surface area (Å²) in [6, 6.07) is 0. The van der Waals surface area contributed by atoms with Crippen LogP contribution in [0.25, 0.3) is 0 Å². The SMILES string of the molecule is C1CCN(CCSC2=NCC3(CC3)N2)C1.Cl.Cl. The summed E-state index contributed by atoms with van der Waals surface area (Å²) in [6.45, 7) is 4.88. The van der Waals surface area contributed by atoms with Crippen molar-refractivity contribution in [3.05, 3.63) is 0 Å². The van der Waals surface area contributed by atoms with Crippen LogP contribution in [-0.2, 0) is 0 Å². The molecule has 1 saturated heterocycles. The van der Waals surface area contributed by atoms with Gasteiger partial charge in [-0.25, -0.2) is 0 Å². The van der Waals surface area contributed by atoms with Crippen molar-refractivity contribution in [2.45, 2.75) is 31.2 Å². The van der Waals surface area contributed by atoms with E-state index in [9.17, 15) is 0 Å². The molecular formula is C11H21Cl2N3S. The predicted molar refractivity (Wildman–Crippen MR) is 80.0 cm³/mol. The fourth-order valence-electron chi connectivity index (χ4n) is 2.32. The molecule has 0 aromatic rings. The van der Waals surface area contributed by atoms with Crippen LogP contribution in [0, 0.1) is 0 Å². The molecule has 0 atom stereocenters. The van der Waals surface area contributed by atoms with Crippen LogP contribution < -0.4 is 5.32 Å². The van der Waals surface area contributed by atoms with Gasteiger partial charge in [-0.15, -0.1) is 24.8 Å². The van der Waals surface area contributed by atoms with Crippen molar-refractivity contribution >= 4 is 41.7 Å². The predicted octanol–water partition coefficient (Wildman–Crippen LogP) is 2.15. The van der Waals surface area contributed by atoms with Crippen molar-refractivity contribution in [1.29, 1.82) is 0 Å². The molecule has 3 aliphatic rings. The molecule has 1 aliphatic carbocycles. The number of thioether (sulfide) groups is 1. The number of rotatable bonds is 3. The summed E-state index contributed by atoms with van der Waals surface area (Å²) in [6.07, 6.45) is 5.44. The van der Waals surface area contributed by atoms with Crippen LogP contribution in [0.5, 0.6) is 0 Å². The fraction of sp³-hybridized carbons (Fsp3) is 0.909. The molecule has 1 spiro atoms. The third kappa shape index (κ3) is 3.91. The van der Waals surface area contributed by atoms with E-state index in [1.54, 1.807) is 0 Å². The monoisotopic (exact) mass is 297 g/mol. The van der Waals surface area contributed by atoms with Gasteiger partial charge in [0.2, 0.25) is 0 Å². The highest BCUT2D eigenvalue weighted by Gasteiger charge is 2.46. The van der Waals surface area contributed by atoms with E-state index in [-0.39, 0.29) is 24.8 Å². The average Bonchev–Trinajstić information content (AvgIpc) is 2.66. The second-order valence-electron chi connectivity index (χ2n) is 4.92. The van der Waals surface area contributed by atoms with Crippen molar-refractivity contribution in [3.63, 3.8) is 0 Å². The summed E-state index contributed by atoms with van der Waals surface area (Å²) in [5.41, 5.74) is 0.427. The Bertz CT molecular complexity index is 276. The van der Waals surface area contributed by atoms with Crippen LogP contribution in [0.2, 0.25) is 0 Å². The van der Waals surface area contributed by atoms with Gasteiger partial charge in [0.05, 0.1) is 12.1 Å². The highest BCUT2D eigenvalue weighted by Crippen LogP contribution is 2.39. The maximum absolute atomic E-state index is 4.57. The van der Waals surface area contributed by atoms with Gasteiger partial charge < -0.3 is 10.2 Å². The van der Waals surface area contributed by atoms with Crippen LogP contribution in [0.1, 0.15) is 25.7 Å². The normalized spacial score (nSPS) is 24.8. The number of halogens is 2. The zero-order valence-corrected chi connectivity index (χ0v) is 12.4. The first-order valence-corrected chi connectivity index (χ1v) is 7.03. The highest BCUT2D eigenvalue weighted by atomic mass is 35.5. The number of hydrogen-bond acceptors (Lipinski definition) is 4. The lowest BCUT2D eigenvalue weighted by atomic mass is 10.3. The maximum Gasteiger partial charge on any atom is 0.157 e. The van der Waals surface area contributed by atoms with E-state index in [1.165, 1.54) is 56.2 Å². The van der Waals surface area contributed by atoms with Crippen molar-refractivity contribution in [3.8, 4) is 0 Å². The van der Waals surface area contributed by atoms with Gasteiger partial charge in [0.15, 0.2) is 5.17 Å². The van der Waals surface area contributed by atoms with Gasteiger partial charge in [-0.3, -0.25) is 4.99 Å². The molecule has 0 unspecified atom stereocenters. The smallest absolute Gasteiger partial charge is 0.157 e. The van der Waals surface area contributed by atoms with Crippen molar-refractivity contribution in [2.24, 2.45) is 4.99 Å². The first-order chi connectivity index (χ1) is 7.36. The zero-order chi connectivity index (χ0) is 10.1. The summed E-state index contributed by atoms with van der Waals surface area (Å²) in [5, 5.41) is 4.76. The molecule has 3 rings (SSSR count). The fourth-order valence-corrected chi connectivity index (χ4v) is 3.31. The van der Waals surface area contributed by atoms with E-state index in [4.69, 9.17) is 0 Å². The van der Waals surface area contributed by atoms with E-state index in [0.29, 0.717) is 5.54 Å². The standard InChI is InChI=1S/C11H19N3S.2ClH/c1-2-6-14(5-1)7-8-15-10-12-9-11(13-10)3-4-11;;/h1-9H2,(H,12,13);2*1H. The van der Waals surface area contributed by atoms with Gasteiger partial charge in [0.25, 0.3) is 0 Å². The van der Waals surface area contributed by atoms with E-state index in [2.05, 4.69) is 15.2 Å². The van der Waals surface area contributed by atoms with Crippen LogP contribution in [0.3, 0.4) is 0 Å². The van der Waals surface area contributed by atoms with Crippen molar-refractivity contribution in [1.82, 2.24) is 10.2 Å². The molecule has 2 aliphatic heterocycles. The van der Waals surface area contributed by atoms with Gasteiger partial charge in [-0.2, -0.15) is 0 Å². The number of nitrogens with zero attached hydrogens (tertiary/aromatic N) is 2. The molecule has 0 aromatic carbocycles. The lowest BCUT2D eigenvalue weighted by Gasteiger charge is -2.14. The summed E-state index contributed by atoms with van der Waals surface area (Å²) in [4.78, 5) is 7.13. The summed E-state index contributed by atoms with van der Waals surface area (Å²) < 4.78 is 0. The Morgan fingerprint density at radius 2 is 1.94 bits per heavy atom. The quantitative estimate of drug-likeness (QED) is 0.865. The lowest BCUT2D eigenvalue weighted by Crippen LogP contribution is -2.31. The molecule has 3 nitrogen and oxygen atoms in total. The first kappa shape index (κ1) is 15.4. The molecule has 1 N–H and O–H groups in total. The maximum atomic E-state index is 4.57. The van der Waals surface area contributed by atoms with Crippen molar-refractivity contribution < 1.29 is 0 Å². The molecule has 0 aromatic heterocycles. The average molecular weight is 298 g/mol. The lowest BCUT2D eigenvalue weighted by molar-refractivity contribution is 0.362. The second-order valence-corrected chi connectivity index (χ2v) is 6.01. The van der Waals surface area contributed by atoms with E-state index in [0.717, 1.165) is 6.54 Å². The zero-order valence-electron chi connectivity index (χ0n) is 9.98. The third-order valence-electron chi connectivity index (χ3n) is 3.60. The van der Waals surface area contributed by atoms with Gasteiger partial charge in [0.1, 0.15) is 0 Å². The Labute approximate surface area is 120 Å². The Kier molecular flexibility index (Phi) is 5.90. The summed E-state index contributed by atoms with van der Waals surface area (Å²) in [5.74, 6) is 1.20. The molecule has 100 valence electrons. The molecule has 6 heteroatoms. The number of amidine groups is 1. The number of aliphatic imine (C=N–C) groups is 1. The van der Waals surface area contributed by atoms with Gasteiger partial charge in [0, 0.05) is 12.3 Å². The molecule has 2 heterocycles. The number of likely N-dealkylation sites (tertiary alicyclic amines) is 1. The van der Waals surface area contributed by atoms with Crippen molar-refractivity contribution in [2.75, 3.05) is 31.9 Å². The Morgan fingerprint density at radius 3 is 2.53 bits per heavy atom. The van der Waals surface area contributed by atoms with Gasteiger partial charge in [-0.1, -0.05) is 11.8 Å². The molecule has 0 bridgehead atoms. The largest absolute Gasteiger partial charge is 0.358 e. The number of hydrogen-bond donors (Lipinski definition) is 1.